The lowest BCUT2D eigenvalue weighted by molar-refractivity contribution is -0.141. The van der Waals surface area contributed by atoms with Gasteiger partial charge in [0, 0.05) is 23.8 Å². The van der Waals surface area contributed by atoms with E-state index in [1.807, 2.05) is 5.32 Å². The summed E-state index contributed by atoms with van der Waals surface area (Å²) in [5, 5.41) is 14.5. The quantitative estimate of drug-likeness (QED) is 0.292. The summed E-state index contributed by atoms with van der Waals surface area (Å²) in [4.78, 5) is 30.3. The van der Waals surface area contributed by atoms with Crippen molar-refractivity contribution in [1.82, 2.24) is 15.3 Å². The van der Waals surface area contributed by atoms with Crippen LogP contribution < -0.4 is 10.6 Å². The number of aliphatic hydroxyl groups is 1. The van der Waals surface area contributed by atoms with E-state index < -0.39 is 40.9 Å². The molecule has 0 saturated heterocycles. The van der Waals surface area contributed by atoms with Crippen molar-refractivity contribution in [3.63, 3.8) is 0 Å². The average Bonchev–Trinajstić information content (AvgIpc) is 3.02. The van der Waals surface area contributed by atoms with Gasteiger partial charge in [0.25, 0.3) is 0 Å². The van der Waals surface area contributed by atoms with Crippen molar-refractivity contribution in [2.75, 3.05) is 5.32 Å². The fourth-order valence-electron chi connectivity index (χ4n) is 2.59. The van der Waals surface area contributed by atoms with Crippen LogP contribution in [0.2, 0.25) is 0 Å². The molecular weight excluding hydrogens is 415 g/mol. The smallest absolute Gasteiger partial charge is 0.366 e. The van der Waals surface area contributed by atoms with Gasteiger partial charge in [-0.25, -0.2) is 8.78 Å². The minimum atomic E-state index is -4.64. The zero-order chi connectivity index (χ0) is 22.3. The zero-order valence-electron chi connectivity index (χ0n) is 15.1. The summed E-state index contributed by atoms with van der Waals surface area (Å²) in [6, 6.07) is 3.18. The molecule has 3 rings (SSSR count). The fourth-order valence-corrected chi connectivity index (χ4v) is 2.59. The van der Waals surface area contributed by atoms with Gasteiger partial charge in [-0.05, 0) is 25.1 Å². The number of benzene rings is 1. The number of nitrogens with zero attached hydrogens (tertiary/aromatic N) is 1. The summed E-state index contributed by atoms with van der Waals surface area (Å²) in [7, 11) is 0. The number of anilines is 1. The van der Waals surface area contributed by atoms with Gasteiger partial charge < -0.3 is 20.7 Å². The largest absolute Gasteiger partial charge is 0.417 e. The van der Waals surface area contributed by atoms with Crippen LogP contribution in [0.3, 0.4) is 0 Å². The summed E-state index contributed by atoms with van der Waals surface area (Å²) in [5.41, 5.74) is -3.55. The van der Waals surface area contributed by atoms with Crippen molar-refractivity contribution in [2.45, 2.75) is 18.8 Å². The summed E-state index contributed by atoms with van der Waals surface area (Å²) in [6.45, 7) is 1.01. The first-order valence-electron chi connectivity index (χ1n) is 8.24. The highest BCUT2D eigenvalue weighted by atomic mass is 19.4. The molecule has 0 fully saturated rings. The molecule has 3 aromatic rings. The molecule has 1 aromatic carbocycles. The van der Waals surface area contributed by atoms with Crippen LogP contribution in [-0.4, -0.2) is 26.9 Å². The topological polar surface area (TPSA) is 107 Å². The average molecular weight is 428 g/mol. The van der Waals surface area contributed by atoms with Gasteiger partial charge in [0.05, 0.1) is 22.5 Å². The first kappa shape index (κ1) is 21.2. The van der Waals surface area contributed by atoms with E-state index in [1.54, 1.807) is 0 Å². The van der Waals surface area contributed by atoms with Gasteiger partial charge in [-0.2, -0.15) is 13.2 Å². The van der Waals surface area contributed by atoms with Crippen molar-refractivity contribution >= 4 is 28.4 Å². The molecule has 0 aliphatic carbocycles. The number of rotatable bonds is 3. The predicted octanol–water partition coefficient (Wildman–Crippen LogP) is 2.78. The summed E-state index contributed by atoms with van der Waals surface area (Å²) >= 11 is 0. The van der Waals surface area contributed by atoms with E-state index >= 15 is 0 Å². The third-order valence-corrected chi connectivity index (χ3v) is 4.12. The lowest BCUT2D eigenvalue weighted by Crippen LogP contribution is -2.48. The molecule has 2 aromatic heterocycles. The van der Waals surface area contributed by atoms with E-state index in [9.17, 15) is 36.6 Å². The molecule has 0 bridgehead atoms. The monoisotopic (exact) mass is 428 g/mol. The molecule has 7 nitrogen and oxygen atoms in total. The second-order valence-electron chi connectivity index (χ2n) is 6.42. The Labute approximate surface area is 164 Å². The Morgan fingerprint density at radius 2 is 1.77 bits per heavy atom. The highest BCUT2D eigenvalue weighted by Crippen LogP contribution is 2.29. The summed E-state index contributed by atoms with van der Waals surface area (Å²) in [5.74, 6) is -4.90. The summed E-state index contributed by atoms with van der Waals surface area (Å²) in [6.07, 6.45) is -2.97. The number of halogens is 5. The van der Waals surface area contributed by atoms with Crippen LogP contribution in [0.1, 0.15) is 18.2 Å². The summed E-state index contributed by atoms with van der Waals surface area (Å²) < 4.78 is 64.5. The zero-order valence-corrected chi connectivity index (χ0v) is 15.1. The minimum absolute atomic E-state index is 0.0312. The predicted molar refractivity (Wildman–Crippen MR) is 93.8 cm³/mol. The van der Waals surface area contributed by atoms with E-state index in [-0.39, 0.29) is 22.3 Å². The van der Waals surface area contributed by atoms with E-state index in [4.69, 9.17) is 0 Å². The highest BCUT2D eigenvalue weighted by Gasteiger charge is 2.34. The number of alkyl halides is 3. The number of pyridine rings is 1. The number of amides is 2. The maximum absolute atomic E-state index is 13.4. The lowest BCUT2D eigenvalue weighted by Gasteiger charge is -2.24. The Morgan fingerprint density at radius 1 is 1.10 bits per heavy atom. The number of nitrogens with one attached hydrogen (secondary N) is 3. The second-order valence-corrected chi connectivity index (χ2v) is 6.42. The molecule has 4 N–H and O–H groups in total. The Balaban J connectivity index is 1.73. The number of aromatic amines is 1. The molecule has 12 heteroatoms. The third kappa shape index (κ3) is 4.22. The number of carbonyl (C=O) groups is 2. The van der Waals surface area contributed by atoms with Crippen molar-refractivity contribution in [2.24, 2.45) is 0 Å². The van der Waals surface area contributed by atoms with E-state index in [0.717, 1.165) is 25.1 Å². The molecular formula is C18H13F5N4O3. The number of fused-ring (bicyclic) bond motifs is 1. The number of H-pyrrole nitrogens is 1. The van der Waals surface area contributed by atoms with Gasteiger partial charge in [-0.1, -0.05) is 0 Å². The Kier molecular flexibility index (Phi) is 5.20. The molecule has 2 amide bonds. The van der Waals surface area contributed by atoms with Gasteiger partial charge in [0.1, 0.15) is 0 Å². The molecule has 0 saturated carbocycles. The van der Waals surface area contributed by atoms with Crippen LogP contribution in [0.5, 0.6) is 0 Å². The number of hydrogen-bond acceptors (Lipinski definition) is 4. The van der Waals surface area contributed by atoms with Crippen LogP contribution in [0.25, 0.3) is 10.9 Å². The van der Waals surface area contributed by atoms with Crippen molar-refractivity contribution in [3.8, 4) is 0 Å². The van der Waals surface area contributed by atoms with Crippen molar-refractivity contribution in [3.05, 3.63) is 59.6 Å². The van der Waals surface area contributed by atoms with Gasteiger partial charge in [0.15, 0.2) is 17.4 Å². The van der Waals surface area contributed by atoms with Gasteiger partial charge in [-0.15, -0.1) is 0 Å². The first-order chi connectivity index (χ1) is 13.9. The molecule has 0 aliphatic heterocycles. The van der Waals surface area contributed by atoms with E-state index in [2.05, 4.69) is 15.3 Å². The maximum atomic E-state index is 13.4. The Morgan fingerprint density at radius 3 is 2.37 bits per heavy atom. The molecule has 30 heavy (non-hydrogen) atoms. The van der Waals surface area contributed by atoms with Crippen LogP contribution in [0, 0.1) is 11.6 Å². The Bertz CT molecular complexity index is 1120. The standard InChI is InChI=1S/C18H13F5N4O3/c1-17(30,14-3-2-8(6-25-14)18(21,22)23)27-16(29)15(28)26-13-7-24-12-5-11(20)10(19)4-9(12)13/h2-7,24,30H,1H3,(H,26,28)(H,27,29)/t17-/m0/s1. The van der Waals surface area contributed by atoms with Crippen LogP contribution in [0.4, 0.5) is 27.6 Å². The fraction of sp³-hybridized carbons (Fsp3) is 0.167. The molecule has 0 unspecified atom stereocenters. The molecule has 0 radical (unpaired) electrons. The van der Waals surface area contributed by atoms with Crippen molar-refractivity contribution < 1.29 is 36.6 Å². The molecule has 2 heterocycles. The van der Waals surface area contributed by atoms with E-state index in [1.165, 1.54) is 6.20 Å². The van der Waals surface area contributed by atoms with Crippen LogP contribution >= 0.6 is 0 Å². The number of hydrogen-bond donors (Lipinski definition) is 4. The number of carbonyl (C=O) groups excluding carboxylic acids is 2. The molecule has 0 spiro atoms. The number of aromatic nitrogens is 2. The maximum Gasteiger partial charge on any atom is 0.417 e. The Hall–Kier alpha value is -3.54. The van der Waals surface area contributed by atoms with Gasteiger partial charge in [-0.3, -0.25) is 14.6 Å². The van der Waals surface area contributed by atoms with Crippen LogP contribution in [-0.2, 0) is 21.5 Å². The highest BCUT2D eigenvalue weighted by molar-refractivity contribution is 6.40. The minimum Gasteiger partial charge on any atom is -0.366 e. The van der Waals surface area contributed by atoms with Crippen molar-refractivity contribution in [1.29, 1.82) is 0 Å². The second kappa shape index (κ2) is 7.37. The van der Waals surface area contributed by atoms with Gasteiger partial charge >= 0.3 is 18.0 Å². The third-order valence-electron chi connectivity index (χ3n) is 4.12. The molecule has 158 valence electrons. The molecule has 0 aliphatic rings. The lowest BCUT2D eigenvalue weighted by atomic mass is 10.1. The van der Waals surface area contributed by atoms with E-state index in [0.29, 0.717) is 12.3 Å². The van der Waals surface area contributed by atoms with Gasteiger partial charge in [0.2, 0.25) is 0 Å². The SMILES string of the molecule is C[C@@](O)(NC(=O)C(=O)Nc1c[nH]c2cc(F)c(F)cc12)c1ccc(C(F)(F)F)cn1. The first-order valence-corrected chi connectivity index (χ1v) is 8.24. The normalized spacial score (nSPS) is 13.7. The molecule has 1 atom stereocenters. The van der Waals surface area contributed by atoms with Crippen LogP contribution in [0.15, 0.2) is 36.7 Å².